The predicted octanol–water partition coefficient (Wildman–Crippen LogP) is 5.36. The average Bonchev–Trinajstić information content (AvgIpc) is 2.98. The fourth-order valence-electron chi connectivity index (χ4n) is 2.83. The Morgan fingerprint density at radius 1 is 1.03 bits per heavy atom. The van der Waals surface area contributed by atoms with Crippen LogP contribution in [0, 0.1) is 10.8 Å². The molecule has 1 aromatic carbocycles. The number of hydrogen-bond donors (Lipinski definition) is 0. The van der Waals surface area contributed by atoms with Gasteiger partial charge in [0.1, 0.15) is 18.8 Å². The maximum atomic E-state index is 12.7. The summed E-state index contributed by atoms with van der Waals surface area (Å²) in [5.74, 6) is -1.65. The molecule has 1 heterocycles. The Morgan fingerprint density at radius 2 is 1.62 bits per heavy atom. The van der Waals surface area contributed by atoms with E-state index in [1.807, 2.05) is 55.7 Å². The van der Waals surface area contributed by atoms with Crippen LogP contribution in [-0.4, -0.2) is 42.6 Å². The van der Waals surface area contributed by atoms with E-state index in [-0.39, 0.29) is 12.6 Å². The highest BCUT2D eigenvalue weighted by Gasteiger charge is 2.47. The predicted molar refractivity (Wildman–Crippen MR) is 125 cm³/mol. The molecule has 178 valence electrons. The van der Waals surface area contributed by atoms with Crippen LogP contribution in [0.1, 0.15) is 55.4 Å². The lowest BCUT2D eigenvalue weighted by molar-refractivity contribution is -0.186. The molecular weight excluding hydrogens is 428 g/mol. The summed E-state index contributed by atoms with van der Waals surface area (Å²) in [6.45, 7) is 14.1. The Kier molecular flexibility index (Phi) is 8.59. The third-order valence-electron chi connectivity index (χ3n) is 4.61. The van der Waals surface area contributed by atoms with E-state index in [0.29, 0.717) is 0 Å². The van der Waals surface area contributed by atoms with Crippen molar-refractivity contribution in [3.05, 3.63) is 41.8 Å². The highest BCUT2D eigenvalue weighted by atomic mass is 32.2. The summed E-state index contributed by atoms with van der Waals surface area (Å²) < 4.78 is 23.5. The molecule has 2 rings (SSSR count). The van der Waals surface area contributed by atoms with E-state index >= 15 is 0 Å². The van der Waals surface area contributed by atoms with Crippen LogP contribution in [-0.2, 0) is 28.5 Å². The van der Waals surface area contributed by atoms with Gasteiger partial charge in [-0.25, -0.2) is 0 Å². The van der Waals surface area contributed by atoms with Gasteiger partial charge in [-0.15, -0.1) is 0 Å². The topological polar surface area (TPSA) is 71.1 Å². The van der Waals surface area contributed by atoms with Crippen LogP contribution < -0.4 is 0 Å². The van der Waals surface area contributed by atoms with Crippen molar-refractivity contribution in [2.45, 2.75) is 84.4 Å². The second kappa shape index (κ2) is 10.4. The standard InChI is InChI=1S/C25H36O6S/c1-23(2,3)21(26)28-16-19(29-22(27)24(4,5)6)20-18(30-25(7,8)31-20)14-15-32-17-12-10-9-11-13-17/h9-15,18-20H,16H2,1-8H3/b15-14+/t18-,19+,20-/m0/s1. The Labute approximate surface area is 196 Å². The molecule has 0 saturated carbocycles. The molecular formula is C25H36O6S. The molecule has 1 aromatic rings. The number of rotatable bonds is 7. The van der Waals surface area contributed by atoms with Crippen LogP contribution in [0.4, 0.5) is 0 Å². The molecule has 0 bridgehead atoms. The van der Waals surface area contributed by atoms with Crippen molar-refractivity contribution in [3.8, 4) is 0 Å². The number of esters is 2. The number of carbonyl (C=O) groups excluding carboxylic acids is 2. The molecule has 0 unspecified atom stereocenters. The fraction of sp³-hybridized carbons (Fsp3) is 0.600. The molecule has 0 spiro atoms. The van der Waals surface area contributed by atoms with Crippen molar-refractivity contribution in [3.63, 3.8) is 0 Å². The third kappa shape index (κ3) is 7.94. The summed E-state index contributed by atoms with van der Waals surface area (Å²) in [7, 11) is 0. The van der Waals surface area contributed by atoms with Gasteiger partial charge >= 0.3 is 11.9 Å². The van der Waals surface area contributed by atoms with Gasteiger partial charge in [0, 0.05) is 4.90 Å². The first-order valence-corrected chi connectivity index (χ1v) is 11.7. The van der Waals surface area contributed by atoms with Crippen LogP contribution in [0.3, 0.4) is 0 Å². The number of hydrogen-bond acceptors (Lipinski definition) is 7. The number of benzene rings is 1. The van der Waals surface area contributed by atoms with Gasteiger partial charge in [0.15, 0.2) is 11.9 Å². The van der Waals surface area contributed by atoms with Crippen LogP contribution in [0.15, 0.2) is 46.7 Å². The van der Waals surface area contributed by atoms with Gasteiger partial charge in [-0.2, -0.15) is 0 Å². The van der Waals surface area contributed by atoms with Gasteiger partial charge in [-0.1, -0.05) is 30.0 Å². The van der Waals surface area contributed by atoms with Crippen molar-refractivity contribution in [1.82, 2.24) is 0 Å². The molecule has 0 aliphatic carbocycles. The highest BCUT2D eigenvalue weighted by Crippen LogP contribution is 2.34. The van der Waals surface area contributed by atoms with Gasteiger partial charge in [-0.3, -0.25) is 9.59 Å². The minimum atomic E-state index is -0.877. The van der Waals surface area contributed by atoms with Gasteiger partial charge in [0.05, 0.1) is 10.8 Å². The molecule has 0 aromatic heterocycles. The van der Waals surface area contributed by atoms with Crippen LogP contribution in [0.25, 0.3) is 0 Å². The molecule has 1 aliphatic rings. The normalized spacial score (nSPS) is 22.0. The maximum absolute atomic E-state index is 12.7. The van der Waals surface area contributed by atoms with Crippen molar-refractivity contribution in [2.24, 2.45) is 10.8 Å². The van der Waals surface area contributed by atoms with Crippen molar-refractivity contribution in [1.29, 1.82) is 0 Å². The summed E-state index contributed by atoms with van der Waals surface area (Å²) in [5.41, 5.74) is -1.38. The van der Waals surface area contributed by atoms with Gasteiger partial charge in [-0.05, 0) is 79.0 Å². The van der Waals surface area contributed by atoms with E-state index in [1.54, 1.807) is 53.3 Å². The van der Waals surface area contributed by atoms with Gasteiger partial charge < -0.3 is 18.9 Å². The van der Waals surface area contributed by atoms with Crippen LogP contribution >= 0.6 is 11.8 Å². The summed E-state index contributed by atoms with van der Waals surface area (Å²) in [4.78, 5) is 26.1. The average molecular weight is 465 g/mol. The maximum Gasteiger partial charge on any atom is 0.311 e. The minimum absolute atomic E-state index is 0.113. The molecule has 32 heavy (non-hydrogen) atoms. The number of thioether (sulfide) groups is 1. The molecule has 6 nitrogen and oxygen atoms in total. The SMILES string of the molecule is CC1(C)O[C@H]([C@@H](COC(=O)C(C)(C)C)OC(=O)C(C)(C)C)[C@H](/C=C/Sc2ccccc2)O1. The fourth-order valence-corrected chi connectivity index (χ4v) is 3.54. The van der Waals surface area contributed by atoms with Gasteiger partial charge in [0.2, 0.25) is 0 Å². The molecule has 1 aliphatic heterocycles. The van der Waals surface area contributed by atoms with Crippen molar-refractivity contribution in [2.75, 3.05) is 6.61 Å². The summed E-state index contributed by atoms with van der Waals surface area (Å²) in [6, 6.07) is 9.95. The molecule has 3 atom stereocenters. The Hall–Kier alpha value is -1.83. The zero-order chi connectivity index (χ0) is 24.2. The quantitative estimate of drug-likeness (QED) is 0.397. The highest BCUT2D eigenvalue weighted by molar-refractivity contribution is 8.02. The van der Waals surface area contributed by atoms with E-state index in [2.05, 4.69) is 0 Å². The zero-order valence-electron chi connectivity index (χ0n) is 20.3. The first kappa shape index (κ1) is 26.4. The van der Waals surface area contributed by atoms with E-state index in [9.17, 15) is 9.59 Å². The Bertz CT molecular complexity index is 804. The zero-order valence-corrected chi connectivity index (χ0v) is 21.2. The van der Waals surface area contributed by atoms with Crippen molar-refractivity contribution < 1.29 is 28.5 Å². The first-order valence-electron chi connectivity index (χ1n) is 10.8. The second-order valence-corrected chi connectivity index (χ2v) is 11.3. The lowest BCUT2D eigenvalue weighted by Gasteiger charge is -2.29. The molecule has 0 amide bonds. The number of carbonyl (C=O) groups is 2. The second-order valence-electron chi connectivity index (χ2n) is 10.4. The first-order chi connectivity index (χ1) is 14.7. The molecule has 0 radical (unpaired) electrons. The van der Waals surface area contributed by atoms with E-state index in [4.69, 9.17) is 18.9 Å². The third-order valence-corrected chi connectivity index (χ3v) is 5.45. The van der Waals surface area contributed by atoms with Crippen LogP contribution in [0.2, 0.25) is 0 Å². The van der Waals surface area contributed by atoms with Crippen molar-refractivity contribution >= 4 is 23.7 Å². The molecule has 0 N–H and O–H groups in total. The number of ether oxygens (including phenoxy) is 4. The minimum Gasteiger partial charge on any atom is -0.461 e. The Morgan fingerprint density at radius 3 is 2.19 bits per heavy atom. The largest absolute Gasteiger partial charge is 0.461 e. The molecule has 1 saturated heterocycles. The summed E-state index contributed by atoms with van der Waals surface area (Å²) in [5, 5.41) is 1.93. The summed E-state index contributed by atoms with van der Waals surface area (Å²) in [6.07, 6.45) is -0.0317. The summed E-state index contributed by atoms with van der Waals surface area (Å²) >= 11 is 1.55. The molecule has 7 heteroatoms. The lowest BCUT2D eigenvalue weighted by Crippen LogP contribution is -2.44. The lowest BCUT2D eigenvalue weighted by atomic mass is 9.96. The van der Waals surface area contributed by atoms with E-state index in [1.165, 1.54) is 0 Å². The Balaban J connectivity index is 2.21. The smallest absolute Gasteiger partial charge is 0.311 e. The van der Waals surface area contributed by atoms with E-state index in [0.717, 1.165) is 4.90 Å². The van der Waals surface area contributed by atoms with E-state index < -0.39 is 40.9 Å². The monoisotopic (exact) mass is 464 g/mol. The van der Waals surface area contributed by atoms with Crippen LogP contribution in [0.5, 0.6) is 0 Å². The van der Waals surface area contributed by atoms with Gasteiger partial charge in [0.25, 0.3) is 0 Å². The molecule has 1 fully saturated rings.